The van der Waals surface area contributed by atoms with Gasteiger partial charge in [0.2, 0.25) is 11.8 Å². The van der Waals surface area contributed by atoms with E-state index in [9.17, 15) is 28.0 Å². The van der Waals surface area contributed by atoms with E-state index in [4.69, 9.17) is 9.72 Å². The van der Waals surface area contributed by atoms with E-state index in [1.807, 2.05) is 21.9 Å². The predicted octanol–water partition coefficient (Wildman–Crippen LogP) is 4.30. The van der Waals surface area contributed by atoms with Gasteiger partial charge in [0, 0.05) is 52.0 Å². The third kappa shape index (κ3) is 6.66. The number of nitrogens with one attached hydrogen (secondary N) is 2. The van der Waals surface area contributed by atoms with Crippen LogP contribution in [0.2, 0.25) is 0 Å². The number of fused-ring (bicyclic) bond motifs is 4. The lowest BCUT2D eigenvalue weighted by Gasteiger charge is -2.58. The fraction of sp³-hybridized carbons (Fsp3) is 0.558. The fourth-order valence-electron chi connectivity index (χ4n) is 11.2. The van der Waals surface area contributed by atoms with Gasteiger partial charge in [0.1, 0.15) is 17.4 Å². The van der Waals surface area contributed by atoms with Crippen LogP contribution in [0.4, 0.5) is 34.8 Å². The number of carbonyl (C=O) groups is 3. The van der Waals surface area contributed by atoms with E-state index in [1.54, 1.807) is 25.4 Å². The summed E-state index contributed by atoms with van der Waals surface area (Å²) in [6, 6.07) is 6.31. The molecule has 3 atom stereocenters. The Bertz CT molecular complexity index is 2750. The molecule has 4 aromatic heterocycles. The highest BCUT2D eigenvalue weighted by Crippen LogP contribution is 2.52. The second-order valence-electron chi connectivity index (χ2n) is 18.6. The molecular formula is C43H48F4N12O5. The Morgan fingerprint density at radius 2 is 1.86 bits per heavy atom. The number of morpholine rings is 1. The molecule has 1 spiro atoms. The molecule has 1 unspecified atom stereocenters. The van der Waals surface area contributed by atoms with Gasteiger partial charge in [-0.3, -0.25) is 38.4 Å². The Morgan fingerprint density at radius 3 is 2.58 bits per heavy atom. The van der Waals surface area contributed by atoms with Crippen LogP contribution in [0.15, 0.2) is 47.7 Å². The number of halogens is 4. The third-order valence-electron chi connectivity index (χ3n) is 14.8. The van der Waals surface area contributed by atoms with Crippen LogP contribution in [0.3, 0.4) is 0 Å². The van der Waals surface area contributed by atoms with Crippen LogP contribution >= 0.6 is 0 Å². The second-order valence-corrected chi connectivity index (χ2v) is 18.6. The number of para-hydroxylation sites is 1. The normalized spacial score (nSPS) is 26.7. The third-order valence-corrected chi connectivity index (χ3v) is 14.8. The summed E-state index contributed by atoms with van der Waals surface area (Å²) in [5.41, 5.74) is -0.0859. The number of likely N-dealkylation sites (tertiary alicyclic amines) is 1. The SMILES string of the molecule is Cn1c(=O)n(C2CCC(=O)NC2=O)c2cccc(N3CC4(CCN(CC5CCC(n6cc(NC(=O)c7cnn8ccc(N9C[C@H]%10C[C@@H]9CO%10)nc78)c(C(F)F)n6)CC5)CC4(F)F)C3)c21. The van der Waals surface area contributed by atoms with E-state index >= 15 is 8.78 Å². The van der Waals surface area contributed by atoms with Crippen molar-refractivity contribution in [3.63, 3.8) is 0 Å². The molecule has 1 aliphatic carbocycles. The molecule has 6 fully saturated rings. The molecule has 3 amide bonds. The fourth-order valence-corrected chi connectivity index (χ4v) is 11.2. The monoisotopic (exact) mass is 888 g/mol. The van der Waals surface area contributed by atoms with Crippen molar-refractivity contribution in [1.29, 1.82) is 0 Å². The molecule has 17 nitrogen and oxygen atoms in total. The summed E-state index contributed by atoms with van der Waals surface area (Å²) in [7, 11) is 1.60. The molecule has 2 bridgehead atoms. The molecule has 5 saturated heterocycles. The first-order valence-electron chi connectivity index (χ1n) is 22.1. The van der Waals surface area contributed by atoms with E-state index in [0.717, 1.165) is 6.42 Å². The van der Waals surface area contributed by atoms with Gasteiger partial charge in [-0.1, -0.05) is 6.07 Å². The number of aromatic nitrogens is 7. The largest absolute Gasteiger partial charge is 0.374 e. The number of amides is 3. The Hall–Kier alpha value is -5.83. The number of anilines is 3. The highest BCUT2D eigenvalue weighted by atomic mass is 19.3. The summed E-state index contributed by atoms with van der Waals surface area (Å²) in [6.07, 6.45) is 5.95. The molecule has 2 N–H and O–H groups in total. The van der Waals surface area contributed by atoms with Crippen LogP contribution < -0.4 is 26.1 Å². The second kappa shape index (κ2) is 15.1. The molecule has 6 aliphatic rings. The summed E-state index contributed by atoms with van der Waals surface area (Å²) >= 11 is 0. The number of imide groups is 1. The van der Waals surface area contributed by atoms with E-state index in [-0.39, 0.29) is 73.7 Å². The zero-order valence-electron chi connectivity index (χ0n) is 35.1. The molecule has 1 saturated carbocycles. The zero-order chi connectivity index (χ0) is 44.2. The summed E-state index contributed by atoms with van der Waals surface area (Å²) in [6.45, 7) is 2.21. The number of nitrogens with zero attached hydrogens (tertiary/aromatic N) is 10. The standard InChI is InChI=1S/C43H48F4N12O5/c1-53-36-30(3-2-4-31(36)59(41(53)63)32-9-10-34(60)51-40(32)62)55-21-42(22-55)12-14-54(23-43(42,46)47)17-24-5-7-25(8-6-24)58-19-29(35(52-58)37(44)45)49-39(61)28-16-48-57-13-11-33(50-38(28)57)56-18-27-15-26(56)20-64-27/h2-4,11,13,16,19,24-27,32,37H,5-10,12,14-15,17-18,20-23H2,1H3,(H,49,61)(H,51,60,62)/t24?,25?,26-,27-,32?/m1/s1. The molecule has 1 aromatic carbocycles. The number of hydrogen-bond donors (Lipinski definition) is 2. The molecule has 5 aliphatic heterocycles. The van der Waals surface area contributed by atoms with Crippen molar-refractivity contribution in [2.45, 2.75) is 87.9 Å². The minimum atomic E-state index is -2.97. The van der Waals surface area contributed by atoms with Gasteiger partial charge < -0.3 is 19.9 Å². The molecule has 338 valence electrons. The van der Waals surface area contributed by atoms with E-state index in [2.05, 4.69) is 25.7 Å². The first-order chi connectivity index (χ1) is 30.8. The van der Waals surface area contributed by atoms with Crippen molar-refractivity contribution in [3.8, 4) is 0 Å². The predicted molar refractivity (Wildman–Crippen MR) is 224 cm³/mol. The van der Waals surface area contributed by atoms with Crippen molar-refractivity contribution in [3.05, 3.63) is 64.6 Å². The maximum Gasteiger partial charge on any atom is 0.329 e. The molecule has 64 heavy (non-hydrogen) atoms. The van der Waals surface area contributed by atoms with Crippen LogP contribution in [0.25, 0.3) is 16.7 Å². The lowest BCUT2D eigenvalue weighted by atomic mass is 9.68. The van der Waals surface area contributed by atoms with Crippen LogP contribution in [-0.2, 0) is 21.4 Å². The molecular weight excluding hydrogens is 841 g/mol. The van der Waals surface area contributed by atoms with Crippen molar-refractivity contribution in [1.82, 2.24) is 43.7 Å². The highest BCUT2D eigenvalue weighted by Gasteiger charge is 2.63. The Kier molecular flexibility index (Phi) is 9.67. The van der Waals surface area contributed by atoms with Crippen molar-refractivity contribution in [2.24, 2.45) is 18.4 Å². The van der Waals surface area contributed by atoms with Gasteiger partial charge in [0.25, 0.3) is 18.3 Å². The molecule has 11 rings (SSSR count). The lowest BCUT2D eigenvalue weighted by Crippen LogP contribution is -2.70. The van der Waals surface area contributed by atoms with Gasteiger partial charge >= 0.3 is 5.69 Å². The summed E-state index contributed by atoms with van der Waals surface area (Å²) in [5.74, 6) is -3.68. The summed E-state index contributed by atoms with van der Waals surface area (Å²) in [5, 5.41) is 13.4. The van der Waals surface area contributed by atoms with Gasteiger partial charge in [0.05, 0.1) is 65.4 Å². The molecule has 5 aromatic rings. The van der Waals surface area contributed by atoms with Crippen molar-refractivity contribution >= 4 is 51.6 Å². The Labute approximate surface area is 363 Å². The van der Waals surface area contributed by atoms with Gasteiger partial charge in [-0.2, -0.15) is 10.2 Å². The number of aryl methyl sites for hydroxylation is 1. The number of piperidine rings is 2. The number of ether oxygens (including phenoxy) is 1. The summed E-state index contributed by atoms with van der Waals surface area (Å²) < 4.78 is 72.6. The van der Waals surface area contributed by atoms with Gasteiger partial charge in [-0.15, -0.1) is 0 Å². The number of carbonyl (C=O) groups excluding carboxylic acids is 3. The molecule has 21 heteroatoms. The van der Waals surface area contributed by atoms with E-state index < -0.39 is 47.0 Å². The molecule has 9 heterocycles. The van der Waals surface area contributed by atoms with Crippen molar-refractivity contribution < 1.29 is 36.7 Å². The Balaban J connectivity index is 0.710. The van der Waals surface area contributed by atoms with E-state index in [1.165, 1.54) is 30.7 Å². The topological polar surface area (TPSA) is 169 Å². The van der Waals surface area contributed by atoms with Crippen molar-refractivity contribution in [2.75, 3.05) is 61.0 Å². The molecule has 0 radical (unpaired) electrons. The first-order valence-corrected chi connectivity index (χ1v) is 22.1. The van der Waals surface area contributed by atoms with Crippen LogP contribution in [0.1, 0.15) is 85.9 Å². The quantitative estimate of drug-likeness (QED) is 0.160. The van der Waals surface area contributed by atoms with Gasteiger partial charge in [-0.05, 0) is 75.6 Å². The van der Waals surface area contributed by atoms with Crippen LogP contribution in [0.5, 0.6) is 0 Å². The van der Waals surface area contributed by atoms with E-state index in [0.29, 0.717) is 86.5 Å². The maximum absolute atomic E-state index is 16.2. The number of rotatable bonds is 9. The first kappa shape index (κ1) is 40.9. The van der Waals surface area contributed by atoms with Crippen LogP contribution in [0, 0.1) is 11.3 Å². The highest BCUT2D eigenvalue weighted by molar-refractivity contribution is 6.08. The zero-order valence-corrected chi connectivity index (χ0v) is 35.1. The average molecular weight is 889 g/mol. The smallest absolute Gasteiger partial charge is 0.329 e. The maximum atomic E-state index is 16.2. The average Bonchev–Trinajstić information content (AvgIpc) is 4.10. The van der Waals surface area contributed by atoms with Crippen LogP contribution in [-0.4, -0.2) is 120 Å². The lowest BCUT2D eigenvalue weighted by molar-refractivity contribution is -0.181. The minimum Gasteiger partial charge on any atom is -0.374 e. The number of imidazole rings is 1. The summed E-state index contributed by atoms with van der Waals surface area (Å²) in [4.78, 5) is 62.1. The van der Waals surface area contributed by atoms with Gasteiger partial charge in [0.15, 0.2) is 11.3 Å². The Morgan fingerprint density at radius 1 is 1.05 bits per heavy atom. The van der Waals surface area contributed by atoms with Gasteiger partial charge in [-0.25, -0.2) is 31.9 Å². The number of hydrogen-bond acceptors (Lipinski definition) is 11. The number of alkyl halides is 4. The number of benzene rings is 1. The minimum absolute atomic E-state index is 0.0861.